The van der Waals surface area contributed by atoms with Gasteiger partial charge in [0.1, 0.15) is 0 Å². The molecule has 0 aromatic heterocycles. The molecule has 0 saturated carbocycles. The first-order chi connectivity index (χ1) is 14.3. The maximum Gasteiger partial charge on any atom is 0.241 e. The van der Waals surface area contributed by atoms with Crippen molar-refractivity contribution in [2.75, 3.05) is 35.7 Å². The molecule has 1 atom stereocenters. The van der Waals surface area contributed by atoms with Gasteiger partial charge in [-0.3, -0.25) is 19.3 Å². The number of amides is 3. The number of fused-ring (bicyclic) bond motifs is 1. The van der Waals surface area contributed by atoms with Crippen LogP contribution in [-0.2, 0) is 14.4 Å². The Morgan fingerprint density at radius 3 is 2.63 bits per heavy atom. The minimum absolute atomic E-state index is 0.0626. The lowest BCUT2D eigenvalue weighted by Crippen LogP contribution is -2.45. The molecule has 158 valence electrons. The summed E-state index contributed by atoms with van der Waals surface area (Å²) in [5.41, 5.74) is 4.20. The molecular formula is C23H28N4O3. The highest BCUT2D eigenvalue weighted by Crippen LogP contribution is 2.31. The van der Waals surface area contributed by atoms with E-state index in [1.54, 1.807) is 22.9 Å². The Balaban J connectivity index is 1.67. The number of nitrogens with one attached hydrogen (secondary N) is 2. The first-order valence-electron chi connectivity index (χ1n) is 10.0. The minimum Gasteiger partial charge on any atom is -0.325 e. The number of anilines is 3. The van der Waals surface area contributed by atoms with Gasteiger partial charge in [0.15, 0.2) is 0 Å². The summed E-state index contributed by atoms with van der Waals surface area (Å²) in [6, 6.07) is 12.7. The maximum absolute atomic E-state index is 13.1. The molecule has 2 N–H and O–H groups in total. The van der Waals surface area contributed by atoms with Gasteiger partial charge in [-0.15, -0.1) is 0 Å². The number of rotatable bonds is 5. The van der Waals surface area contributed by atoms with E-state index in [1.807, 2.05) is 57.2 Å². The minimum atomic E-state index is -0.279. The Morgan fingerprint density at radius 2 is 1.87 bits per heavy atom. The number of para-hydroxylation sites is 2. The van der Waals surface area contributed by atoms with E-state index in [4.69, 9.17) is 0 Å². The summed E-state index contributed by atoms with van der Waals surface area (Å²) in [6.45, 7) is 5.96. The summed E-state index contributed by atoms with van der Waals surface area (Å²) < 4.78 is 0. The van der Waals surface area contributed by atoms with E-state index in [2.05, 4.69) is 10.6 Å². The first-order valence-corrected chi connectivity index (χ1v) is 10.0. The van der Waals surface area contributed by atoms with Crippen molar-refractivity contribution in [3.63, 3.8) is 0 Å². The molecule has 0 spiro atoms. The Hall–Kier alpha value is -3.19. The lowest BCUT2D eigenvalue weighted by Gasteiger charge is -2.29. The van der Waals surface area contributed by atoms with E-state index in [0.717, 1.165) is 16.8 Å². The van der Waals surface area contributed by atoms with Gasteiger partial charge in [-0.05, 0) is 57.1 Å². The summed E-state index contributed by atoms with van der Waals surface area (Å²) in [5, 5.41) is 5.76. The van der Waals surface area contributed by atoms with Crippen LogP contribution in [0.4, 0.5) is 17.1 Å². The van der Waals surface area contributed by atoms with Gasteiger partial charge in [-0.25, -0.2) is 0 Å². The van der Waals surface area contributed by atoms with Crippen LogP contribution in [0.2, 0.25) is 0 Å². The quantitative estimate of drug-likeness (QED) is 0.797. The molecule has 1 aliphatic heterocycles. The largest absolute Gasteiger partial charge is 0.325 e. The molecule has 3 rings (SSSR count). The van der Waals surface area contributed by atoms with Gasteiger partial charge in [0.2, 0.25) is 17.7 Å². The molecule has 2 aromatic carbocycles. The fourth-order valence-electron chi connectivity index (χ4n) is 3.65. The predicted octanol–water partition coefficient (Wildman–Crippen LogP) is 2.94. The van der Waals surface area contributed by atoms with Crippen LogP contribution < -0.4 is 15.5 Å². The van der Waals surface area contributed by atoms with Gasteiger partial charge in [0.05, 0.1) is 24.5 Å². The van der Waals surface area contributed by atoms with Crippen molar-refractivity contribution in [3.8, 4) is 0 Å². The highest BCUT2D eigenvalue weighted by Gasteiger charge is 2.30. The van der Waals surface area contributed by atoms with Crippen molar-refractivity contribution in [2.45, 2.75) is 33.2 Å². The molecule has 0 fully saturated rings. The van der Waals surface area contributed by atoms with Crippen molar-refractivity contribution in [1.82, 2.24) is 4.90 Å². The molecule has 1 unspecified atom stereocenters. The average molecular weight is 409 g/mol. The molecular weight excluding hydrogens is 380 g/mol. The molecule has 30 heavy (non-hydrogen) atoms. The molecule has 0 radical (unpaired) electrons. The van der Waals surface area contributed by atoms with Crippen molar-refractivity contribution < 1.29 is 14.4 Å². The summed E-state index contributed by atoms with van der Waals surface area (Å²) in [7, 11) is 1.73. The monoisotopic (exact) mass is 408 g/mol. The number of hydrogen-bond donors (Lipinski definition) is 2. The normalized spacial score (nSPS) is 16.0. The van der Waals surface area contributed by atoms with E-state index in [1.165, 1.54) is 0 Å². The van der Waals surface area contributed by atoms with E-state index >= 15 is 0 Å². The summed E-state index contributed by atoms with van der Waals surface area (Å²) in [5.74, 6) is -0.458. The van der Waals surface area contributed by atoms with Gasteiger partial charge in [0.25, 0.3) is 0 Å². The number of carbonyl (C=O) groups excluding carboxylic acids is 3. The topological polar surface area (TPSA) is 81.8 Å². The van der Waals surface area contributed by atoms with Crippen molar-refractivity contribution in [3.05, 3.63) is 53.6 Å². The Labute approximate surface area is 177 Å². The number of hydrogen-bond acceptors (Lipinski definition) is 4. The SMILES string of the molecule is Cc1cccc(NC(=O)CN(C)CC(=O)N2c3ccccc3NC(=O)CC2C)c1C. The number of carbonyl (C=O) groups is 3. The highest BCUT2D eigenvalue weighted by molar-refractivity contribution is 6.05. The smallest absolute Gasteiger partial charge is 0.241 e. The second-order valence-corrected chi connectivity index (χ2v) is 7.85. The second-order valence-electron chi connectivity index (χ2n) is 7.85. The molecule has 0 aliphatic carbocycles. The fraction of sp³-hybridized carbons (Fsp3) is 0.348. The lowest BCUT2D eigenvalue weighted by atomic mass is 10.1. The molecule has 2 aromatic rings. The van der Waals surface area contributed by atoms with Gasteiger partial charge in [-0.2, -0.15) is 0 Å². The van der Waals surface area contributed by atoms with E-state index in [-0.39, 0.29) is 43.3 Å². The van der Waals surface area contributed by atoms with Crippen LogP contribution in [0.25, 0.3) is 0 Å². The van der Waals surface area contributed by atoms with Crippen LogP contribution in [0.15, 0.2) is 42.5 Å². The summed E-state index contributed by atoms with van der Waals surface area (Å²) >= 11 is 0. The highest BCUT2D eigenvalue weighted by atomic mass is 16.2. The van der Waals surface area contributed by atoms with Crippen molar-refractivity contribution in [2.24, 2.45) is 0 Å². The number of benzene rings is 2. The van der Waals surface area contributed by atoms with Gasteiger partial charge >= 0.3 is 0 Å². The molecule has 1 heterocycles. The van der Waals surface area contributed by atoms with Crippen LogP contribution in [0, 0.1) is 13.8 Å². The zero-order valence-corrected chi connectivity index (χ0v) is 17.9. The van der Waals surface area contributed by atoms with Gasteiger partial charge < -0.3 is 15.5 Å². The van der Waals surface area contributed by atoms with E-state index in [0.29, 0.717) is 11.4 Å². The number of nitrogens with zero attached hydrogens (tertiary/aromatic N) is 2. The zero-order chi connectivity index (χ0) is 21.8. The third-order valence-electron chi connectivity index (χ3n) is 5.33. The standard InChI is InChI=1S/C23H28N4O3/c1-15-8-7-10-18(17(15)3)24-22(29)13-26(4)14-23(30)27-16(2)12-21(28)25-19-9-5-6-11-20(19)27/h5-11,16H,12-14H2,1-4H3,(H,24,29)(H,25,28). The summed E-state index contributed by atoms with van der Waals surface area (Å²) in [6.07, 6.45) is 0.219. The van der Waals surface area contributed by atoms with Crippen molar-refractivity contribution in [1.29, 1.82) is 0 Å². The molecule has 7 nitrogen and oxygen atoms in total. The predicted molar refractivity (Wildman–Crippen MR) is 119 cm³/mol. The number of aryl methyl sites for hydroxylation is 1. The fourth-order valence-corrected chi connectivity index (χ4v) is 3.65. The Bertz CT molecular complexity index is 973. The maximum atomic E-state index is 13.1. The van der Waals surface area contributed by atoms with Crippen LogP contribution in [-0.4, -0.2) is 48.8 Å². The Kier molecular flexibility index (Phi) is 6.52. The molecule has 0 saturated heterocycles. The molecule has 1 aliphatic rings. The van der Waals surface area contributed by atoms with Crippen molar-refractivity contribution >= 4 is 34.8 Å². The molecule has 3 amide bonds. The van der Waals surface area contributed by atoms with E-state index < -0.39 is 0 Å². The van der Waals surface area contributed by atoms with E-state index in [9.17, 15) is 14.4 Å². The second kappa shape index (κ2) is 9.09. The van der Waals surface area contributed by atoms with Gasteiger partial charge in [-0.1, -0.05) is 24.3 Å². The molecule has 0 bridgehead atoms. The van der Waals surface area contributed by atoms with Crippen LogP contribution in [0.5, 0.6) is 0 Å². The average Bonchev–Trinajstić information content (AvgIpc) is 2.79. The number of likely N-dealkylation sites (N-methyl/N-ethyl adjacent to an activating group) is 1. The lowest BCUT2D eigenvalue weighted by molar-refractivity contribution is -0.121. The summed E-state index contributed by atoms with van der Waals surface area (Å²) in [4.78, 5) is 41.0. The third-order valence-corrected chi connectivity index (χ3v) is 5.33. The van der Waals surface area contributed by atoms with Crippen LogP contribution in [0.1, 0.15) is 24.5 Å². The first kappa shape index (κ1) is 21.5. The Morgan fingerprint density at radius 1 is 1.13 bits per heavy atom. The third kappa shape index (κ3) is 4.86. The van der Waals surface area contributed by atoms with Gasteiger partial charge in [0, 0.05) is 18.2 Å². The van der Waals surface area contributed by atoms with Crippen LogP contribution >= 0.6 is 0 Å². The zero-order valence-electron chi connectivity index (χ0n) is 17.9. The molecule has 7 heteroatoms. The van der Waals surface area contributed by atoms with Crippen LogP contribution in [0.3, 0.4) is 0 Å².